The molecule has 0 saturated heterocycles. The maximum Gasteiger partial charge on any atom is 0.573 e. The lowest BCUT2D eigenvalue weighted by Gasteiger charge is -2.26. The lowest BCUT2D eigenvalue weighted by Crippen LogP contribution is -2.43. The van der Waals surface area contributed by atoms with Gasteiger partial charge in [-0.25, -0.2) is 4.79 Å². The van der Waals surface area contributed by atoms with Crippen molar-refractivity contribution in [3.63, 3.8) is 0 Å². The van der Waals surface area contributed by atoms with Crippen LogP contribution < -0.4 is 9.64 Å². The molecule has 1 aliphatic rings. The fraction of sp³-hybridized carbons (Fsp3) is 0.300. The Bertz CT molecular complexity index is 880. The van der Waals surface area contributed by atoms with Crippen LogP contribution in [0.25, 0.3) is 0 Å². The molecule has 0 saturated carbocycles. The van der Waals surface area contributed by atoms with Crippen molar-refractivity contribution < 1.29 is 32.2 Å². The maximum absolute atomic E-state index is 12.8. The van der Waals surface area contributed by atoms with Crippen LogP contribution >= 0.6 is 0 Å². The molecule has 2 atom stereocenters. The SMILES string of the molecule is C[C@H](OC(=O)c1ccc(OC(F)(F)F)cc1)C(=O)N1c2ccccc2C[C@@H]1C. The van der Waals surface area contributed by atoms with Gasteiger partial charge in [-0.05, 0) is 56.2 Å². The van der Waals surface area contributed by atoms with Gasteiger partial charge < -0.3 is 14.4 Å². The molecule has 0 radical (unpaired) electrons. The molecule has 1 heterocycles. The van der Waals surface area contributed by atoms with Crippen molar-refractivity contribution in [2.45, 2.75) is 38.8 Å². The van der Waals surface area contributed by atoms with Crippen LogP contribution in [0, 0.1) is 0 Å². The zero-order valence-electron chi connectivity index (χ0n) is 15.2. The Labute approximate surface area is 159 Å². The largest absolute Gasteiger partial charge is 0.573 e. The molecular formula is C20H18F3NO4. The smallest absolute Gasteiger partial charge is 0.449 e. The number of benzene rings is 2. The van der Waals surface area contributed by atoms with Gasteiger partial charge >= 0.3 is 12.3 Å². The zero-order chi connectivity index (χ0) is 20.5. The summed E-state index contributed by atoms with van der Waals surface area (Å²) in [6, 6.07) is 11.8. The van der Waals surface area contributed by atoms with Crippen LogP contribution in [0.1, 0.15) is 29.8 Å². The Kier molecular flexibility index (Phi) is 5.31. The number of carbonyl (C=O) groups is 2. The van der Waals surface area contributed by atoms with Gasteiger partial charge in [0.15, 0.2) is 6.10 Å². The lowest BCUT2D eigenvalue weighted by atomic mass is 10.1. The summed E-state index contributed by atoms with van der Waals surface area (Å²) in [5.41, 5.74) is 1.85. The van der Waals surface area contributed by atoms with Crippen LogP contribution in [0.5, 0.6) is 5.75 Å². The van der Waals surface area contributed by atoms with Crippen molar-refractivity contribution in [3.05, 3.63) is 59.7 Å². The Hall–Kier alpha value is -3.03. The van der Waals surface area contributed by atoms with E-state index in [-0.39, 0.29) is 17.5 Å². The van der Waals surface area contributed by atoms with E-state index in [0.717, 1.165) is 35.5 Å². The van der Waals surface area contributed by atoms with Gasteiger partial charge in [-0.15, -0.1) is 13.2 Å². The topological polar surface area (TPSA) is 55.8 Å². The van der Waals surface area contributed by atoms with E-state index in [9.17, 15) is 22.8 Å². The van der Waals surface area contributed by atoms with Gasteiger partial charge in [-0.1, -0.05) is 18.2 Å². The summed E-state index contributed by atoms with van der Waals surface area (Å²) in [6.45, 7) is 3.38. The first kappa shape index (κ1) is 19.7. The summed E-state index contributed by atoms with van der Waals surface area (Å²) in [5.74, 6) is -1.61. The van der Waals surface area contributed by atoms with Crippen molar-refractivity contribution in [1.29, 1.82) is 0 Å². The minimum absolute atomic E-state index is 0.0176. The van der Waals surface area contributed by atoms with Gasteiger partial charge in [-0.2, -0.15) is 0 Å². The number of rotatable bonds is 4. The minimum atomic E-state index is -4.81. The van der Waals surface area contributed by atoms with Crippen molar-refractivity contribution in [2.24, 2.45) is 0 Å². The quantitative estimate of drug-likeness (QED) is 0.734. The predicted molar refractivity (Wildman–Crippen MR) is 95.1 cm³/mol. The molecule has 148 valence electrons. The van der Waals surface area contributed by atoms with E-state index in [4.69, 9.17) is 4.74 Å². The van der Waals surface area contributed by atoms with Crippen molar-refractivity contribution >= 4 is 17.6 Å². The van der Waals surface area contributed by atoms with Gasteiger partial charge in [0.05, 0.1) is 5.56 Å². The molecule has 0 aromatic heterocycles. The van der Waals surface area contributed by atoms with Gasteiger partial charge in [-0.3, -0.25) is 4.79 Å². The number of hydrogen-bond acceptors (Lipinski definition) is 4. The highest BCUT2D eigenvalue weighted by Crippen LogP contribution is 2.32. The second kappa shape index (κ2) is 7.53. The van der Waals surface area contributed by atoms with Crippen LogP contribution in [-0.4, -0.2) is 30.4 Å². The third-order valence-corrected chi connectivity index (χ3v) is 4.40. The van der Waals surface area contributed by atoms with E-state index >= 15 is 0 Å². The molecule has 0 aliphatic carbocycles. The van der Waals surface area contributed by atoms with E-state index < -0.39 is 24.2 Å². The van der Waals surface area contributed by atoms with Gasteiger partial charge in [0.25, 0.3) is 5.91 Å². The molecule has 5 nitrogen and oxygen atoms in total. The number of halogens is 3. The molecule has 1 aliphatic heterocycles. The molecule has 3 rings (SSSR count). The molecule has 2 aromatic carbocycles. The summed E-state index contributed by atoms with van der Waals surface area (Å²) in [7, 11) is 0. The number of hydrogen-bond donors (Lipinski definition) is 0. The summed E-state index contributed by atoms with van der Waals surface area (Å²) in [6.07, 6.45) is -5.15. The third kappa shape index (κ3) is 4.27. The summed E-state index contributed by atoms with van der Waals surface area (Å²) >= 11 is 0. The number of anilines is 1. The molecule has 28 heavy (non-hydrogen) atoms. The molecular weight excluding hydrogens is 375 g/mol. The first-order valence-corrected chi connectivity index (χ1v) is 8.63. The number of nitrogens with zero attached hydrogens (tertiary/aromatic N) is 1. The van der Waals surface area contributed by atoms with Crippen LogP contribution in [0.4, 0.5) is 18.9 Å². The first-order chi connectivity index (χ1) is 13.2. The molecule has 0 spiro atoms. The first-order valence-electron chi connectivity index (χ1n) is 8.63. The highest BCUT2D eigenvalue weighted by atomic mass is 19.4. The van der Waals surface area contributed by atoms with Crippen molar-refractivity contribution in [1.82, 2.24) is 0 Å². The zero-order valence-corrected chi connectivity index (χ0v) is 15.2. The number of fused-ring (bicyclic) bond motifs is 1. The molecule has 0 fully saturated rings. The predicted octanol–water partition coefficient (Wildman–Crippen LogP) is 4.11. The molecule has 0 bridgehead atoms. The van der Waals surface area contributed by atoms with Gasteiger partial charge in [0.1, 0.15) is 5.75 Å². The van der Waals surface area contributed by atoms with Crippen LogP contribution in [0.15, 0.2) is 48.5 Å². The van der Waals surface area contributed by atoms with Gasteiger partial charge in [0.2, 0.25) is 0 Å². The Morgan fingerprint density at radius 1 is 1.11 bits per heavy atom. The molecule has 2 aromatic rings. The minimum Gasteiger partial charge on any atom is -0.449 e. The van der Waals surface area contributed by atoms with Crippen LogP contribution in [0.2, 0.25) is 0 Å². The summed E-state index contributed by atoms with van der Waals surface area (Å²) in [5, 5.41) is 0. The van der Waals surface area contributed by atoms with E-state index in [1.807, 2.05) is 31.2 Å². The number of esters is 1. The van der Waals surface area contributed by atoms with Crippen LogP contribution in [-0.2, 0) is 16.0 Å². The fourth-order valence-electron chi connectivity index (χ4n) is 3.17. The number of amides is 1. The number of alkyl halides is 3. The average Bonchev–Trinajstić information content (AvgIpc) is 2.95. The number of carbonyl (C=O) groups excluding carboxylic acids is 2. The van der Waals surface area contributed by atoms with Gasteiger partial charge in [0, 0.05) is 11.7 Å². The average molecular weight is 393 g/mol. The molecule has 0 unspecified atom stereocenters. The van der Waals surface area contributed by atoms with E-state index in [2.05, 4.69) is 4.74 Å². The van der Waals surface area contributed by atoms with Crippen LogP contribution in [0.3, 0.4) is 0 Å². The second-order valence-corrected chi connectivity index (χ2v) is 6.51. The molecule has 0 N–H and O–H groups in total. The summed E-state index contributed by atoms with van der Waals surface area (Å²) < 4.78 is 45.5. The highest BCUT2D eigenvalue weighted by Gasteiger charge is 2.35. The number of para-hydroxylation sites is 1. The molecule has 1 amide bonds. The Balaban J connectivity index is 1.66. The highest BCUT2D eigenvalue weighted by molar-refractivity contribution is 6.00. The Morgan fingerprint density at radius 2 is 1.75 bits per heavy atom. The van der Waals surface area contributed by atoms with E-state index in [0.29, 0.717) is 6.42 Å². The standard InChI is InChI=1S/C20H18F3NO4/c1-12-11-15-5-3-4-6-17(15)24(12)18(25)13(2)27-19(26)14-7-9-16(10-8-14)28-20(21,22)23/h3-10,12-13H,11H2,1-2H3/t12-,13-/m0/s1. The maximum atomic E-state index is 12.8. The number of ether oxygens (including phenoxy) is 2. The second-order valence-electron chi connectivity index (χ2n) is 6.51. The monoisotopic (exact) mass is 393 g/mol. The Morgan fingerprint density at radius 3 is 2.39 bits per heavy atom. The normalized spacial score (nSPS) is 17.0. The summed E-state index contributed by atoms with van der Waals surface area (Å²) in [4.78, 5) is 26.6. The van der Waals surface area contributed by atoms with Crippen molar-refractivity contribution in [2.75, 3.05) is 4.90 Å². The van der Waals surface area contributed by atoms with Crippen molar-refractivity contribution in [3.8, 4) is 5.75 Å². The van der Waals surface area contributed by atoms with E-state index in [1.165, 1.54) is 6.92 Å². The third-order valence-electron chi connectivity index (χ3n) is 4.40. The van der Waals surface area contributed by atoms with E-state index in [1.54, 1.807) is 4.90 Å². The fourth-order valence-corrected chi connectivity index (χ4v) is 3.17. The molecule has 8 heteroatoms. The lowest BCUT2D eigenvalue weighted by molar-refractivity contribution is -0.274.